The maximum absolute atomic E-state index is 10.5. The summed E-state index contributed by atoms with van der Waals surface area (Å²) in [4.78, 5) is 14.4. The number of pyridine rings is 1. The first-order valence-corrected chi connectivity index (χ1v) is 4.40. The monoisotopic (exact) mass is 184 g/mol. The van der Waals surface area contributed by atoms with Crippen LogP contribution in [0, 0.1) is 0 Å². The van der Waals surface area contributed by atoms with Gasteiger partial charge >= 0.3 is 5.97 Å². The Morgan fingerprint density at radius 1 is 1.75 bits per heavy atom. The molecule has 12 heavy (non-hydrogen) atoms. The number of hydrogen-bond donors (Lipinski definition) is 2. The number of carboxylic acid groups (broad SMARTS) is 1. The van der Waals surface area contributed by atoms with Crippen LogP contribution in [0.25, 0.3) is 0 Å². The van der Waals surface area contributed by atoms with Crippen LogP contribution in [0.2, 0.25) is 0 Å². The van der Waals surface area contributed by atoms with Crippen molar-refractivity contribution in [2.45, 2.75) is 5.03 Å². The van der Waals surface area contributed by atoms with Gasteiger partial charge in [0, 0.05) is 6.20 Å². The molecule has 0 bridgehead atoms. The van der Waals surface area contributed by atoms with Gasteiger partial charge in [0.05, 0.1) is 10.7 Å². The minimum Gasteiger partial charge on any atom is -0.478 e. The minimum absolute atomic E-state index is 0.0489. The molecular weight excluding hydrogens is 176 g/mol. The van der Waals surface area contributed by atoms with Crippen LogP contribution in [0.1, 0.15) is 10.4 Å². The number of aromatic carboxylic acids is 1. The maximum Gasteiger partial charge on any atom is 0.339 e. The second kappa shape index (κ2) is 3.44. The molecule has 0 aromatic carbocycles. The molecular formula is C7H8N2O2S. The third-order valence-electron chi connectivity index (χ3n) is 1.35. The number of aromatic nitrogens is 1. The highest BCUT2D eigenvalue weighted by molar-refractivity contribution is 7.98. The van der Waals surface area contributed by atoms with Gasteiger partial charge in [-0.1, -0.05) is 0 Å². The number of anilines is 1. The Kier molecular flexibility index (Phi) is 2.54. The molecule has 64 valence electrons. The molecule has 0 radical (unpaired) electrons. The van der Waals surface area contributed by atoms with Gasteiger partial charge in [-0.05, 0) is 12.3 Å². The lowest BCUT2D eigenvalue weighted by molar-refractivity contribution is 0.0697. The number of nitrogen functional groups attached to an aromatic ring is 1. The molecule has 3 N–H and O–H groups in total. The number of rotatable bonds is 2. The summed E-state index contributed by atoms with van der Waals surface area (Å²) < 4.78 is 0. The fraction of sp³-hybridized carbons (Fsp3) is 0.143. The molecule has 1 rings (SSSR count). The molecule has 0 atom stereocenters. The molecule has 4 nitrogen and oxygen atoms in total. The lowest BCUT2D eigenvalue weighted by Crippen LogP contribution is -2.03. The Morgan fingerprint density at radius 2 is 2.42 bits per heavy atom. The fourth-order valence-corrected chi connectivity index (χ4v) is 1.14. The largest absolute Gasteiger partial charge is 0.478 e. The first-order chi connectivity index (χ1) is 5.65. The number of nitrogens with zero attached hydrogens (tertiary/aromatic N) is 1. The second-order valence-corrected chi connectivity index (χ2v) is 2.95. The average molecular weight is 184 g/mol. The quantitative estimate of drug-likeness (QED) is 0.673. The summed E-state index contributed by atoms with van der Waals surface area (Å²) in [6, 6.07) is 1.55. The number of thioether (sulfide) groups is 1. The van der Waals surface area contributed by atoms with E-state index in [1.54, 1.807) is 6.07 Å². The summed E-state index contributed by atoms with van der Waals surface area (Å²) in [6.45, 7) is 0. The normalized spacial score (nSPS) is 9.75. The van der Waals surface area contributed by atoms with Gasteiger partial charge in [-0.2, -0.15) is 0 Å². The molecule has 0 aliphatic rings. The molecule has 1 aromatic rings. The molecule has 1 aromatic heterocycles. The zero-order chi connectivity index (χ0) is 9.14. The zero-order valence-corrected chi connectivity index (χ0v) is 7.26. The predicted octanol–water partition coefficient (Wildman–Crippen LogP) is 1.08. The first-order valence-electron chi connectivity index (χ1n) is 3.18. The summed E-state index contributed by atoms with van der Waals surface area (Å²) in [6.07, 6.45) is 3.12. The van der Waals surface area contributed by atoms with E-state index in [1.165, 1.54) is 18.0 Å². The molecule has 0 spiro atoms. The first kappa shape index (κ1) is 8.86. The van der Waals surface area contributed by atoms with Crippen molar-refractivity contribution in [2.24, 2.45) is 0 Å². The van der Waals surface area contributed by atoms with Gasteiger partial charge in [0.2, 0.25) is 0 Å². The van der Waals surface area contributed by atoms with Crippen molar-refractivity contribution in [3.63, 3.8) is 0 Å². The van der Waals surface area contributed by atoms with Gasteiger partial charge in [0.1, 0.15) is 5.56 Å². The second-order valence-electron chi connectivity index (χ2n) is 2.12. The van der Waals surface area contributed by atoms with E-state index >= 15 is 0 Å². The third kappa shape index (κ3) is 1.68. The van der Waals surface area contributed by atoms with Crippen molar-refractivity contribution in [1.82, 2.24) is 4.98 Å². The van der Waals surface area contributed by atoms with E-state index in [0.717, 1.165) is 5.03 Å². The Hall–Kier alpha value is -1.23. The van der Waals surface area contributed by atoms with Crippen LogP contribution in [0.15, 0.2) is 17.3 Å². The standard InChI is InChI=1S/C7H8N2O2S/c1-12-6-2-5(8)4(3-9-6)7(10)11/h2-3H,1H3,(H2,8,9)(H,10,11). The van der Waals surface area contributed by atoms with Crippen LogP contribution < -0.4 is 5.73 Å². The molecule has 0 unspecified atom stereocenters. The average Bonchev–Trinajstić information content (AvgIpc) is 2.03. The van der Waals surface area contributed by atoms with Gasteiger partial charge in [-0.25, -0.2) is 9.78 Å². The highest BCUT2D eigenvalue weighted by Crippen LogP contribution is 2.17. The minimum atomic E-state index is -1.05. The molecule has 0 fully saturated rings. The zero-order valence-electron chi connectivity index (χ0n) is 6.44. The van der Waals surface area contributed by atoms with Crippen molar-refractivity contribution in [1.29, 1.82) is 0 Å². The van der Waals surface area contributed by atoms with Gasteiger partial charge in [-0.3, -0.25) is 0 Å². The Bertz CT molecular complexity index is 314. The topological polar surface area (TPSA) is 76.2 Å². The van der Waals surface area contributed by atoms with Crippen LogP contribution in [-0.2, 0) is 0 Å². The van der Waals surface area contributed by atoms with Crippen LogP contribution in [0.4, 0.5) is 5.69 Å². The fourth-order valence-electron chi connectivity index (χ4n) is 0.741. The summed E-state index contributed by atoms with van der Waals surface area (Å²) in [7, 11) is 0. The Morgan fingerprint density at radius 3 is 2.83 bits per heavy atom. The maximum atomic E-state index is 10.5. The molecule has 0 saturated heterocycles. The highest BCUT2D eigenvalue weighted by atomic mass is 32.2. The van der Waals surface area contributed by atoms with Crippen molar-refractivity contribution >= 4 is 23.4 Å². The highest BCUT2D eigenvalue weighted by Gasteiger charge is 2.08. The lowest BCUT2D eigenvalue weighted by Gasteiger charge is -2.00. The summed E-state index contributed by atoms with van der Waals surface area (Å²) in [5.41, 5.74) is 5.76. The third-order valence-corrected chi connectivity index (χ3v) is 1.99. The lowest BCUT2D eigenvalue weighted by atomic mass is 10.2. The molecule has 1 heterocycles. The van der Waals surface area contributed by atoms with E-state index in [1.807, 2.05) is 6.26 Å². The van der Waals surface area contributed by atoms with E-state index < -0.39 is 5.97 Å². The van der Waals surface area contributed by atoms with Gasteiger partial charge < -0.3 is 10.8 Å². The summed E-state index contributed by atoms with van der Waals surface area (Å²) >= 11 is 1.42. The SMILES string of the molecule is CSc1cc(N)c(C(=O)O)cn1. The van der Waals surface area contributed by atoms with Crippen molar-refractivity contribution in [3.05, 3.63) is 17.8 Å². The van der Waals surface area contributed by atoms with E-state index in [2.05, 4.69) is 4.98 Å². The van der Waals surface area contributed by atoms with Crippen LogP contribution in [0.5, 0.6) is 0 Å². The summed E-state index contributed by atoms with van der Waals surface area (Å²) in [5, 5.41) is 9.32. The molecule has 0 aliphatic carbocycles. The Labute approximate surface area is 73.8 Å². The van der Waals surface area contributed by atoms with Crippen molar-refractivity contribution in [3.8, 4) is 0 Å². The molecule has 5 heteroatoms. The van der Waals surface area contributed by atoms with Crippen LogP contribution >= 0.6 is 11.8 Å². The van der Waals surface area contributed by atoms with E-state index in [9.17, 15) is 4.79 Å². The van der Waals surface area contributed by atoms with E-state index in [0.29, 0.717) is 0 Å². The molecule has 0 saturated carbocycles. The molecule has 0 aliphatic heterocycles. The van der Waals surface area contributed by atoms with Crippen LogP contribution in [0.3, 0.4) is 0 Å². The summed E-state index contributed by atoms with van der Waals surface area (Å²) in [5.74, 6) is -1.05. The number of carboxylic acids is 1. The van der Waals surface area contributed by atoms with Crippen molar-refractivity contribution in [2.75, 3.05) is 12.0 Å². The Balaban J connectivity index is 3.12. The molecule has 0 amide bonds. The van der Waals surface area contributed by atoms with Gasteiger partial charge in [0.25, 0.3) is 0 Å². The van der Waals surface area contributed by atoms with Crippen LogP contribution in [-0.4, -0.2) is 22.3 Å². The van der Waals surface area contributed by atoms with Gasteiger partial charge in [0.15, 0.2) is 0 Å². The number of hydrogen-bond acceptors (Lipinski definition) is 4. The van der Waals surface area contributed by atoms with E-state index in [-0.39, 0.29) is 11.3 Å². The van der Waals surface area contributed by atoms with Gasteiger partial charge in [-0.15, -0.1) is 11.8 Å². The number of carbonyl (C=O) groups is 1. The van der Waals surface area contributed by atoms with Crippen molar-refractivity contribution < 1.29 is 9.90 Å². The smallest absolute Gasteiger partial charge is 0.339 e. The number of nitrogens with two attached hydrogens (primary N) is 1. The van der Waals surface area contributed by atoms with E-state index in [4.69, 9.17) is 10.8 Å². The predicted molar refractivity (Wildman–Crippen MR) is 47.4 cm³/mol.